The maximum absolute atomic E-state index is 13.7. The normalized spacial score (nSPS) is 16.8. The first-order valence-electron chi connectivity index (χ1n) is 7.96. The molecule has 136 valence electrons. The van der Waals surface area contributed by atoms with Crippen molar-refractivity contribution in [3.05, 3.63) is 39.3 Å². The Kier molecular flexibility index (Phi) is 5.30. The number of amides is 1. The lowest BCUT2D eigenvalue weighted by Crippen LogP contribution is -2.38. The molecule has 1 saturated heterocycles. The number of carbonyl (C=O) groups is 1. The third-order valence-corrected chi connectivity index (χ3v) is 3.62. The molecule has 1 aliphatic rings. The first-order chi connectivity index (χ1) is 11.6. The molecule has 2 rings (SSSR count). The first-order valence-corrected chi connectivity index (χ1v) is 7.96. The van der Waals surface area contributed by atoms with Crippen molar-refractivity contribution in [3.8, 4) is 5.75 Å². The summed E-state index contributed by atoms with van der Waals surface area (Å²) in [5.74, 6) is -2.08. The second-order valence-electron chi connectivity index (χ2n) is 6.85. The lowest BCUT2D eigenvalue weighted by atomic mass is 10.0. The van der Waals surface area contributed by atoms with E-state index in [-0.39, 0.29) is 5.56 Å². The maximum Gasteiger partial charge on any atom is 0.414 e. The Morgan fingerprint density at radius 3 is 2.68 bits per heavy atom. The smallest absolute Gasteiger partial charge is 0.414 e. The third-order valence-electron chi connectivity index (χ3n) is 3.62. The molecule has 0 unspecified atom stereocenters. The summed E-state index contributed by atoms with van der Waals surface area (Å²) in [4.78, 5) is 23.9. The van der Waals surface area contributed by atoms with Crippen molar-refractivity contribution in [2.75, 3.05) is 6.54 Å². The van der Waals surface area contributed by atoms with E-state index in [9.17, 15) is 24.4 Å². The minimum atomic E-state index is -1.08. The molecule has 0 radical (unpaired) electrons. The number of ether oxygens (including phenoxy) is 1. The highest BCUT2D eigenvalue weighted by Gasteiger charge is 2.27. The number of halogens is 1. The molecule has 0 aromatic heterocycles. The second kappa shape index (κ2) is 7.08. The maximum atomic E-state index is 13.7. The summed E-state index contributed by atoms with van der Waals surface area (Å²) >= 11 is 0. The summed E-state index contributed by atoms with van der Waals surface area (Å²) in [6.45, 7) is 5.74. The molecule has 1 aromatic carbocycles. The van der Waals surface area contributed by atoms with Gasteiger partial charge in [-0.15, -0.1) is 0 Å². The molecule has 0 aliphatic carbocycles. The largest absolute Gasteiger partial charge is 0.500 e. The number of nitro benzene ring substituents is 1. The van der Waals surface area contributed by atoms with Crippen LogP contribution in [0.3, 0.4) is 0 Å². The van der Waals surface area contributed by atoms with Crippen LogP contribution in [-0.2, 0) is 4.74 Å². The summed E-state index contributed by atoms with van der Waals surface area (Å²) in [7, 11) is 0. The van der Waals surface area contributed by atoms with Crippen LogP contribution in [0.5, 0.6) is 5.75 Å². The fourth-order valence-electron chi connectivity index (χ4n) is 2.55. The predicted octanol–water partition coefficient (Wildman–Crippen LogP) is 4.20. The molecule has 0 atom stereocenters. The van der Waals surface area contributed by atoms with Crippen LogP contribution in [0.1, 0.15) is 45.6 Å². The van der Waals surface area contributed by atoms with Crippen LogP contribution in [0.4, 0.5) is 14.9 Å². The van der Waals surface area contributed by atoms with Gasteiger partial charge in [0.05, 0.1) is 4.92 Å². The number of piperidine rings is 1. The zero-order valence-corrected chi connectivity index (χ0v) is 14.4. The van der Waals surface area contributed by atoms with Crippen LogP contribution in [0, 0.1) is 15.9 Å². The number of aromatic hydroxyl groups is 1. The SMILES string of the molecule is CC(C)(C)OC(=O)N1CCCCC1=Cc1cc(F)c(O)c([N+](=O)[O-])c1. The Labute approximate surface area is 144 Å². The molecular formula is C17H21FN2O5. The van der Waals surface area contributed by atoms with E-state index >= 15 is 0 Å². The second-order valence-corrected chi connectivity index (χ2v) is 6.85. The Morgan fingerprint density at radius 2 is 2.08 bits per heavy atom. The molecule has 1 heterocycles. The van der Waals surface area contributed by atoms with Crippen LogP contribution in [-0.4, -0.2) is 33.2 Å². The van der Waals surface area contributed by atoms with Gasteiger partial charge in [-0.3, -0.25) is 15.0 Å². The number of carbonyl (C=O) groups excluding carboxylic acids is 1. The van der Waals surface area contributed by atoms with E-state index in [1.807, 2.05) is 0 Å². The predicted molar refractivity (Wildman–Crippen MR) is 89.5 cm³/mol. The van der Waals surface area contributed by atoms with Crippen molar-refractivity contribution in [1.82, 2.24) is 4.90 Å². The van der Waals surface area contributed by atoms with Crippen LogP contribution in [0.25, 0.3) is 6.08 Å². The zero-order chi connectivity index (χ0) is 18.8. The van der Waals surface area contributed by atoms with Crippen LogP contribution < -0.4 is 0 Å². The number of likely N-dealkylation sites (tertiary alicyclic amines) is 1. The van der Waals surface area contributed by atoms with Gasteiger partial charge < -0.3 is 9.84 Å². The van der Waals surface area contributed by atoms with Gasteiger partial charge in [0.15, 0.2) is 5.82 Å². The Hall–Kier alpha value is -2.64. The molecule has 0 spiro atoms. The molecule has 0 saturated carbocycles. The number of hydrogen-bond acceptors (Lipinski definition) is 5. The summed E-state index contributed by atoms with van der Waals surface area (Å²) in [5.41, 5.74) is -0.567. The molecule has 7 nitrogen and oxygen atoms in total. The number of hydrogen-bond donors (Lipinski definition) is 1. The van der Waals surface area contributed by atoms with Crippen molar-refractivity contribution < 1.29 is 24.0 Å². The number of nitro groups is 1. The van der Waals surface area contributed by atoms with Crippen LogP contribution in [0.2, 0.25) is 0 Å². The Morgan fingerprint density at radius 1 is 1.40 bits per heavy atom. The molecule has 1 amide bonds. The molecule has 0 bridgehead atoms. The van der Waals surface area contributed by atoms with Crippen molar-refractivity contribution in [1.29, 1.82) is 0 Å². The summed E-state index contributed by atoms with van der Waals surface area (Å²) in [5, 5.41) is 20.4. The number of allylic oxidation sites excluding steroid dienone is 1. The van der Waals surface area contributed by atoms with Gasteiger partial charge >= 0.3 is 11.8 Å². The highest BCUT2D eigenvalue weighted by molar-refractivity contribution is 5.73. The molecule has 1 aromatic rings. The van der Waals surface area contributed by atoms with E-state index in [1.54, 1.807) is 20.8 Å². The Balaban J connectivity index is 2.37. The summed E-state index contributed by atoms with van der Waals surface area (Å²) < 4.78 is 19.1. The monoisotopic (exact) mass is 352 g/mol. The lowest BCUT2D eigenvalue weighted by molar-refractivity contribution is -0.386. The average molecular weight is 352 g/mol. The van der Waals surface area contributed by atoms with Crippen molar-refractivity contribution in [3.63, 3.8) is 0 Å². The summed E-state index contributed by atoms with van der Waals surface area (Å²) in [6, 6.07) is 2.07. The van der Waals surface area contributed by atoms with Crippen LogP contribution >= 0.6 is 0 Å². The van der Waals surface area contributed by atoms with E-state index in [2.05, 4.69) is 0 Å². The quantitative estimate of drug-likeness (QED) is 0.636. The van der Waals surface area contributed by atoms with E-state index < -0.39 is 33.9 Å². The van der Waals surface area contributed by atoms with E-state index in [0.29, 0.717) is 18.7 Å². The zero-order valence-electron chi connectivity index (χ0n) is 14.4. The lowest BCUT2D eigenvalue weighted by Gasteiger charge is -2.32. The average Bonchev–Trinajstić information content (AvgIpc) is 2.49. The van der Waals surface area contributed by atoms with E-state index in [4.69, 9.17) is 4.74 Å². The molecule has 25 heavy (non-hydrogen) atoms. The number of phenolic OH excluding ortho intramolecular Hbond substituents is 1. The highest BCUT2D eigenvalue weighted by atomic mass is 19.1. The van der Waals surface area contributed by atoms with Crippen LogP contribution in [0.15, 0.2) is 17.8 Å². The van der Waals surface area contributed by atoms with Gasteiger partial charge in [0.1, 0.15) is 5.60 Å². The molecule has 1 fully saturated rings. The number of nitrogens with zero attached hydrogens (tertiary/aromatic N) is 2. The fraction of sp³-hybridized carbons (Fsp3) is 0.471. The van der Waals surface area contributed by atoms with Gasteiger partial charge in [0.25, 0.3) is 0 Å². The number of benzene rings is 1. The van der Waals surface area contributed by atoms with Crippen molar-refractivity contribution >= 4 is 17.9 Å². The fourth-order valence-corrected chi connectivity index (χ4v) is 2.55. The summed E-state index contributed by atoms with van der Waals surface area (Å²) in [6.07, 6.45) is 3.22. The highest BCUT2D eigenvalue weighted by Crippen LogP contribution is 2.32. The molecular weight excluding hydrogens is 331 g/mol. The number of rotatable bonds is 2. The molecule has 1 aliphatic heterocycles. The van der Waals surface area contributed by atoms with Gasteiger partial charge in [-0.2, -0.15) is 0 Å². The van der Waals surface area contributed by atoms with Gasteiger partial charge in [0.2, 0.25) is 5.75 Å². The van der Waals surface area contributed by atoms with Crippen molar-refractivity contribution in [2.24, 2.45) is 0 Å². The van der Waals surface area contributed by atoms with E-state index in [1.165, 1.54) is 11.0 Å². The van der Waals surface area contributed by atoms with Gasteiger partial charge in [-0.05, 0) is 57.7 Å². The molecule has 8 heteroatoms. The minimum absolute atomic E-state index is 0.201. The standard InChI is InChI=1S/C17H21FN2O5/c1-17(2,3)25-16(22)19-7-5-4-6-12(19)8-11-9-13(18)15(21)14(10-11)20(23)24/h8-10,21H,4-7H2,1-3H3. The number of phenols is 1. The van der Waals surface area contributed by atoms with Gasteiger partial charge in [-0.25, -0.2) is 9.18 Å². The topological polar surface area (TPSA) is 92.9 Å². The Bertz CT molecular complexity index is 724. The minimum Gasteiger partial charge on any atom is -0.500 e. The first kappa shape index (κ1) is 18.7. The van der Waals surface area contributed by atoms with Crippen molar-refractivity contribution in [2.45, 2.75) is 45.6 Å². The van der Waals surface area contributed by atoms with E-state index in [0.717, 1.165) is 25.0 Å². The molecule has 1 N–H and O–H groups in total. The third kappa shape index (κ3) is 4.68. The van der Waals surface area contributed by atoms with Gasteiger partial charge in [0, 0.05) is 18.3 Å². The van der Waals surface area contributed by atoms with Gasteiger partial charge in [-0.1, -0.05) is 0 Å².